The molecule has 0 aliphatic carbocycles. The highest BCUT2D eigenvalue weighted by Crippen LogP contribution is 2.27. The van der Waals surface area contributed by atoms with E-state index in [1.165, 1.54) is 5.39 Å². The molecule has 2 aromatic carbocycles. The fourth-order valence-electron chi connectivity index (χ4n) is 6.20. The van der Waals surface area contributed by atoms with Gasteiger partial charge in [0.2, 0.25) is 11.8 Å². The molecule has 4 atom stereocenters. The highest BCUT2D eigenvalue weighted by molar-refractivity contribution is 5.83. The summed E-state index contributed by atoms with van der Waals surface area (Å²) in [6.07, 6.45) is 18.2. The van der Waals surface area contributed by atoms with E-state index in [-0.39, 0.29) is 35.8 Å². The Labute approximate surface area is 280 Å². The molecule has 1 fully saturated rings. The van der Waals surface area contributed by atoms with Crippen LogP contribution in [0.15, 0.2) is 120 Å². The van der Waals surface area contributed by atoms with Gasteiger partial charge in [0.15, 0.2) is 5.96 Å². The Morgan fingerprint density at radius 3 is 2.53 bits per heavy atom. The van der Waals surface area contributed by atoms with Gasteiger partial charge in [-0.25, -0.2) is 0 Å². The van der Waals surface area contributed by atoms with Gasteiger partial charge in [0.25, 0.3) is 0 Å². The lowest BCUT2D eigenvalue weighted by Crippen LogP contribution is -2.54. The smallest absolute Gasteiger partial charge is 0.239 e. The van der Waals surface area contributed by atoms with E-state index in [1.807, 2.05) is 67.3 Å². The molecule has 0 spiro atoms. The number of carbonyl (C=O) groups is 2. The van der Waals surface area contributed by atoms with E-state index in [0.717, 1.165) is 22.1 Å². The second-order valence-electron chi connectivity index (χ2n) is 11.9. The third kappa shape index (κ3) is 11.3. The second-order valence-corrected chi connectivity index (χ2v) is 11.9. The maximum Gasteiger partial charge on any atom is 0.239 e. The van der Waals surface area contributed by atoms with Crippen LogP contribution in [0.2, 0.25) is 0 Å². The monoisotopic (exact) mass is 636 g/mol. The molecule has 1 saturated heterocycles. The number of rotatable bonds is 16. The molecule has 250 valence electrons. The van der Waals surface area contributed by atoms with Crippen LogP contribution >= 0.6 is 0 Å². The zero-order chi connectivity index (χ0) is 34.2. The zero-order valence-electron chi connectivity index (χ0n) is 28.2. The Kier molecular flexibility index (Phi) is 14.9. The van der Waals surface area contributed by atoms with Crippen molar-refractivity contribution in [1.29, 1.82) is 0 Å². The summed E-state index contributed by atoms with van der Waals surface area (Å²) < 4.78 is 0. The highest BCUT2D eigenvalue weighted by atomic mass is 16.2. The first-order valence-electron chi connectivity index (χ1n) is 16.5. The Morgan fingerprint density at radius 2 is 1.87 bits per heavy atom. The second kappa shape index (κ2) is 19.1. The Hall–Kier alpha value is -4.69. The molecule has 4 unspecified atom stereocenters. The molecule has 1 aliphatic rings. The summed E-state index contributed by atoms with van der Waals surface area (Å²) in [5, 5.41) is 9.19. The molecule has 0 radical (unpaired) electrons. The van der Waals surface area contributed by atoms with Crippen LogP contribution in [0.25, 0.3) is 10.8 Å². The van der Waals surface area contributed by atoms with Gasteiger partial charge in [-0.05, 0) is 67.0 Å². The van der Waals surface area contributed by atoms with E-state index in [1.54, 1.807) is 13.0 Å². The van der Waals surface area contributed by atoms with Crippen molar-refractivity contribution in [2.75, 3.05) is 19.6 Å². The summed E-state index contributed by atoms with van der Waals surface area (Å²) in [4.78, 5) is 32.9. The van der Waals surface area contributed by atoms with Crippen molar-refractivity contribution in [2.24, 2.45) is 22.4 Å². The number of benzene rings is 2. The summed E-state index contributed by atoms with van der Waals surface area (Å²) in [7, 11) is 0. The molecule has 1 heterocycles. The lowest BCUT2D eigenvalue weighted by molar-refractivity contribution is -0.133. The molecule has 3 rings (SSSR count). The van der Waals surface area contributed by atoms with Crippen molar-refractivity contribution in [3.63, 3.8) is 0 Å². The van der Waals surface area contributed by atoms with Crippen LogP contribution in [0.4, 0.5) is 0 Å². The van der Waals surface area contributed by atoms with Gasteiger partial charge in [0.05, 0.1) is 6.04 Å². The molecule has 8 nitrogen and oxygen atoms in total. The summed E-state index contributed by atoms with van der Waals surface area (Å²) >= 11 is 0. The third-order valence-corrected chi connectivity index (χ3v) is 8.42. The van der Waals surface area contributed by atoms with Gasteiger partial charge in [0.1, 0.15) is 0 Å². The van der Waals surface area contributed by atoms with Crippen LogP contribution in [-0.4, -0.2) is 60.4 Å². The normalized spacial score (nSPS) is 19.0. The van der Waals surface area contributed by atoms with Crippen molar-refractivity contribution in [3.8, 4) is 0 Å². The minimum absolute atomic E-state index is 0.0161. The first-order valence-corrected chi connectivity index (χ1v) is 16.5. The number of nitrogens with two attached hydrogens (primary N) is 2. The SMILES string of the molecule is C=C/C=C(/C=C/C)C(CN1CCC(C(Cc2ccc3ccccc3c2)NC(C)=O)NC(CCCN=C(N)N)C1=O)/C(C=C)=C/C=C/C. The molecule has 2 aromatic rings. The molecule has 6 N–H and O–H groups in total. The largest absolute Gasteiger partial charge is 0.370 e. The van der Waals surface area contributed by atoms with Crippen molar-refractivity contribution in [2.45, 2.75) is 64.6 Å². The first kappa shape index (κ1) is 36.8. The van der Waals surface area contributed by atoms with Crippen LogP contribution in [0.3, 0.4) is 0 Å². The maximum absolute atomic E-state index is 14.3. The van der Waals surface area contributed by atoms with E-state index in [4.69, 9.17) is 11.5 Å². The van der Waals surface area contributed by atoms with E-state index in [0.29, 0.717) is 45.3 Å². The van der Waals surface area contributed by atoms with Crippen LogP contribution in [-0.2, 0) is 16.0 Å². The van der Waals surface area contributed by atoms with Crippen LogP contribution in [0, 0.1) is 5.92 Å². The number of hydrogen-bond acceptors (Lipinski definition) is 4. The number of allylic oxidation sites excluding steroid dienone is 8. The minimum Gasteiger partial charge on any atom is -0.370 e. The quantitative estimate of drug-likeness (QED) is 0.0839. The van der Waals surface area contributed by atoms with Gasteiger partial charge in [-0.3, -0.25) is 14.6 Å². The molecule has 2 amide bonds. The van der Waals surface area contributed by atoms with Gasteiger partial charge < -0.3 is 27.0 Å². The predicted octanol–water partition coefficient (Wildman–Crippen LogP) is 5.49. The number of nitrogens with one attached hydrogen (secondary N) is 2. The minimum atomic E-state index is -0.481. The Bertz CT molecular complexity index is 1530. The van der Waals surface area contributed by atoms with Crippen LogP contribution in [0.1, 0.15) is 45.6 Å². The zero-order valence-corrected chi connectivity index (χ0v) is 28.2. The standard InChI is InChI=1S/C39H52N6O2/c1-6-10-16-30(9-4)34(32(14-7-2)15-8-3)27-45-24-22-35(44-36(38(45)47)19-13-23-42-39(40)41)37(43-28(5)46)26-29-20-21-31-17-11-12-18-33(31)25-29/h6-12,14-18,20-21,25,34-37,44H,2,4,13,19,22-24,26-27H2,1,3,5H3,(H,43,46)(H4,40,41,42)/b10-6+,15-8+,30-16+,32-14-. The van der Waals surface area contributed by atoms with Crippen LogP contribution < -0.4 is 22.1 Å². The fourth-order valence-corrected chi connectivity index (χ4v) is 6.20. The van der Waals surface area contributed by atoms with Gasteiger partial charge >= 0.3 is 0 Å². The van der Waals surface area contributed by atoms with Crippen molar-refractivity contribution >= 4 is 28.5 Å². The number of aliphatic imine (C=N–C) groups is 1. The first-order chi connectivity index (χ1) is 22.7. The van der Waals surface area contributed by atoms with Gasteiger partial charge in [-0.15, -0.1) is 0 Å². The fraction of sp³-hybridized carbons (Fsp3) is 0.359. The van der Waals surface area contributed by atoms with E-state index in [9.17, 15) is 9.59 Å². The molecule has 0 aromatic heterocycles. The third-order valence-electron chi connectivity index (χ3n) is 8.42. The molecular weight excluding hydrogens is 584 g/mol. The number of guanidine groups is 1. The van der Waals surface area contributed by atoms with Crippen molar-refractivity contribution in [1.82, 2.24) is 15.5 Å². The average Bonchev–Trinajstić information content (AvgIpc) is 3.20. The average molecular weight is 637 g/mol. The van der Waals surface area contributed by atoms with Gasteiger partial charge in [-0.1, -0.05) is 104 Å². The predicted molar refractivity (Wildman–Crippen MR) is 197 cm³/mol. The number of hydrogen-bond donors (Lipinski definition) is 4. The molecular formula is C39H52N6O2. The maximum atomic E-state index is 14.3. The summed E-state index contributed by atoms with van der Waals surface area (Å²) in [5.74, 6) is -0.180. The van der Waals surface area contributed by atoms with E-state index < -0.39 is 6.04 Å². The lowest BCUT2D eigenvalue weighted by atomic mass is 9.88. The number of carbonyl (C=O) groups excluding carboxylic acids is 2. The summed E-state index contributed by atoms with van der Waals surface area (Å²) in [6, 6.07) is 13.8. The van der Waals surface area contributed by atoms with Gasteiger partial charge in [-0.2, -0.15) is 0 Å². The van der Waals surface area contributed by atoms with Crippen molar-refractivity contribution < 1.29 is 9.59 Å². The van der Waals surface area contributed by atoms with Gasteiger partial charge in [0, 0.05) is 44.6 Å². The molecule has 0 bridgehead atoms. The van der Waals surface area contributed by atoms with Crippen LogP contribution in [0.5, 0.6) is 0 Å². The molecule has 0 saturated carbocycles. The van der Waals surface area contributed by atoms with E-state index >= 15 is 0 Å². The molecule has 8 heteroatoms. The van der Waals surface area contributed by atoms with E-state index in [2.05, 4.69) is 65.2 Å². The molecule has 47 heavy (non-hydrogen) atoms. The molecule has 1 aliphatic heterocycles. The Morgan fingerprint density at radius 1 is 1.11 bits per heavy atom. The number of amides is 2. The number of nitrogens with zero attached hydrogens (tertiary/aromatic N) is 2. The lowest BCUT2D eigenvalue weighted by Gasteiger charge is -2.30. The topological polar surface area (TPSA) is 126 Å². The van der Waals surface area contributed by atoms with Crippen molar-refractivity contribution in [3.05, 3.63) is 121 Å². The highest BCUT2D eigenvalue weighted by Gasteiger charge is 2.35. The summed E-state index contributed by atoms with van der Waals surface area (Å²) in [5.41, 5.74) is 14.3. The number of fused-ring (bicyclic) bond motifs is 1. The summed E-state index contributed by atoms with van der Waals surface area (Å²) in [6.45, 7) is 14.9. The Balaban J connectivity index is 1.99.